The molecule has 1 heterocycles. The van der Waals surface area contributed by atoms with Crippen molar-refractivity contribution in [1.29, 1.82) is 0 Å². The molecule has 2 aliphatic rings. The van der Waals surface area contributed by atoms with Crippen molar-refractivity contribution in [1.82, 2.24) is 9.80 Å². The summed E-state index contributed by atoms with van der Waals surface area (Å²) in [5, 5.41) is 0. The van der Waals surface area contributed by atoms with Crippen LogP contribution in [-0.2, 0) is 4.79 Å². The van der Waals surface area contributed by atoms with Gasteiger partial charge in [0.05, 0.1) is 0 Å². The number of halogens is 1. The van der Waals surface area contributed by atoms with E-state index in [2.05, 4.69) is 0 Å². The molecule has 1 saturated carbocycles. The van der Waals surface area contributed by atoms with Crippen LogP contribution in [0, 0.1) is 11.7 Å². The molecule has 118 valence electrons. The quantitative estimate of drug-likeness (QED) is 0.841. The minimum absolute atomic E-state index is 0.0898. The minimum Gasteiger partial charge on any atom is -0.339 e. The van der Waals surface area contributed by atoms with E-state index in [1.807, 2.05) is 4.90 Å². The van der Waals surface area contributed by atoms with E-state index in [4.69, 9.17) is 0 Å². The van der Waals surface area contributed by atoms with E-state index >= 15 is 0 Å². The molecule has 0 N–H and O–H groups in total. The molecule has 1 aromatic rings. The lowest BCUT2D eigenvalue weighted by Crippen LogP contribution is -2.51. The van der Waals surface area contributed by atoms with E-state index in [9.17, 15) is 14.0 Å². The number of carbonyl (C=O) groups excluding carboxylic acids is 2. The minimum atomic E-state index is -0.344. The highest BCUT2D eigenvalue weighted by Gasteiger charge is 2.30. The number of rotatable bonds is 2. The normalized spacial score (nSPS) is 19.5. The monoisotopic (exact) mass is 304 g/mol. The molecule has 4 nitrogen and oxygen atoms in total. The second-order valence-electron chi connectivity index (χ2n) is 6.11. The summed E-state index contributed by atoms with van der Waals surface area (Å²) in [5.41, 5.74) is 0.497. The van der Waals surface area contributed by atoms with Gasteiger partial charge in [-0.15, -0.1) is 0 Å². The molecule has 0 radical (unpaired) electrons. The Kier molecular flexibility index (Phi) is 4.41. The lowest BCUT2D eigenvalue weighted by molar-refractivity contribution is -0.136. The van der Waals surface area contributed by atoms with Crippen LogP contribution in [0.3, 0.4) is 0 Å². The van der Waals surface area contributed by atoms with Crippen LogP contribution in [0.4, 0.5) is 4.39 Å². The maximum Gasteiger partial charge on any atom is 0.253 e. The third kappa shape index (κ3) is 3.13. The number of hydrogen-bond donors (Lipinski definition) is 0. The molecule has 0 unspecified atom stereocenters. The van der Waals surface area contributed by atoms with Gasteiger partial charge >= 0.3 is 0 Å². The van der Waals surface area contributed by atoms with Crippen molar-refractivity contribution in [2.45, 2.75) is 25.7 Å². The topological polar surface area (TPSA) is 40.6 Å². The predicted octanol–water partition coefficient (Wildman–Crippen LogP) is 2.30. The average molecular weight is 304 g/mol. The number of piperazine rings is 1. The van der Waals surface area contributed by atoms with Gasteiger partial charge in [-0.3, -0.25) is 9.59 Å². The van der Waals surface area contributed by atoms with Gasteiger partial charge in [0, 0.05) is 37.7 Å². The SMILES string of the molecule is O=C(c1ccc(F)cc1)N1CCN(C(=O)C2CCCC2)CC1. The maximum atomic E-state index is 12.9. The largest absolute Gasteiger partial charge is 0.339 e. The first-order chi connectivity index (χ1) is 10.6. The zero-order valence-electron chi connectivity index (χ0n) is 12.6. The summed E-state index contributed by atoms with van der Waals surface area (Å²) in [6.07, 6.45) is 4.32. The molecule has 1 aliphatic carbocycles. The molecule has 2 fully saturated rings. The standard InChI is InChI=1S/C17H21FN2O2/c18-15-7-5-14(6-8-15)17(22)20-11-9-19(10-12-20)16(21)13-3-1-2-4-13/h5-8,13H,1-4,9-12H2. The lowest BCUT2D eigenvalue weighted by Gasteiger charge is -2.36. The summed E-state index contributed by atoms with van der Waals surface area (Å²) in [4.78, 5) is 28.3. The van der Waals surface area contributed by atoms with Gasteiger partial charge in [-0.2, -0.15) is 0 Å². The highest BCUT2D eigenvalue weighted by atomic mass is 19.1. The highest BCUT2D eigenvalue weighted by molar-refractivity contribution is 5.94. The van der Waals surface area contributed by atoms with E-state index in [0.717, 1.165) is 25.7 Å². The van der Waals surface area contributed by atoms with Crippen LogP contribution in [-0.4, -0.2) is 47.8 Å². The summed E-state index contributed by atoms with van der Waals surface area (Å²) in [7, 11) is 0. The van der Waals surface area contributed by atoms with Gasteiger partial charge in [0.25, 0.3) is 5.91 Å². The molecule has 0 aromatic heterocycles. The fraction of sp³-hybridized carbons (Fsp3) is 0.529. The van der Waals surface area contributed by atoms with Crippen LogP contribution >= 0.6 is 0 Å². The van der Waals surface area contributed by atoms with E-state index in [1.54, 1.807) is 4.90 Å². The molecule has 2 amide bonds. The van der Waals surface area contributed by atoms with Crippen molar-refractivity contribution in [2.75, 3.05) is 26.2 Å². The van der Waals surface area contributed by atoms with E-state index in [1.165, 1.54) is 24.3 Å². The van der Waals surface area contributed by atoms with Gasteiger partial charge in [0.1, 0.15) is 5.82 Å². The van der Waals surface area contributed by atoms with Crippen LogP contribution < -0.4 is 0 Å². The van der Waals surface area contributed by atoms with Crippen LogP contribution in [0.5, 0.6) is 0 Å². The zero-order chi connectivity index (χ0) is 15.5. The smallest absolute Gasteiger partial charge is 0.253 e. The summed E-state index contributed by atoms with van der Waals surface area (Å²) in [5.74, 6) is 0.0160. The van der Waals surface area contributed by atoms with Crippen molar-refractivity contribution in [3.63, 3.8) is 0 Å². The number of benzene rings is 1. The molecule has 0 bridgehead atoms. The predicted molar refractivity (Wildman–Crippen MR) is 80.8 cm³/mol. The van der Waals surface area contributed by atoms with Gasteiger partial charge in [-0.05, 0) is 37.1 Å². The fourth-order valence-corrected chi connectivity index (χ4v) is 3.34. The molecule has 3 rings (SSSR count). The molecule has 0 atom stereocenters. The van der Waals surface area contributed by atoms with Gasteiger partial charge in [-0.1, -0.05) is 12.8 Å². The second kappa shape index (κ2) is 6.46. The third-order valence-corrected chi connectivity index (χ3v) is 4.67. The van der Waals surface area contributed by atoms with Crippen molar-refractivity contribution in [2.24, 2.45) is 5.92 Å². The van der Waals surface area contributed by atoms with Gasteiger partial charge in [-0.25, -0.2) is 4.39 Å². The summed E-state index contributed by atoms with van der Waals surface area (Å²) in [6.45, 7) is 2.30. The Morgan fingerprint density at radius 1 is 0.909 bits per heavy atom. The second-order valence-corrected chi connectivity index (χ2v) is 6.11. The Morgan fingerprint density at radius 3 is 2.05 bits per heavy atom. The number of hydrogen-bond acceptors (Lipinski definition) is 2. The Morgan fingerprint density at radius 2 is 1.45 bits per heavy atom. The van der Waals surface area contributed by atoms with Gasteiger partial charge < -0.3 is 9.80 Å². The highest BCUT2D eigenvalue weighted by Crippen LogP contribution is 2.27. The molecule has 1 aliphatic heterocycles. The number of nitrogens with zero attached hydrogens (tertiary/aromatic N) is 2. The van der Waals surface area contributed by atoms with Crippen LogP contribution in [0.1, 0.15) is 36.0 Å². The Hall–Kier alpha value is -1.91. The maximum absolute atomic E-state index is 12.9. The van der Waals surface area contributed by atoms with Crippen molar-refractivity contribution in [3.05, 3.63) is 35.6 Å². The van der Waals surface area contributed by atoms with Crippen molar-refractivity contribution in [3.8, 4) is 0 Å². The molecule has 22 heavy (non-hydrogen) atoms. The molecule has 1 aromatic carbocycles. The van der Waals surface area contributed by atoms with E-state index < -0.39 is 0 Å². The fourth-order valence-electron chi connectivity index (χ4n) is 3.34. The lowest BCUT2D eigenvalue weighted by atomic mass is 10.1. The first kappa shape index (κ1) is 15.0. The first-order valence-corrected chi connectivity index (χ1v) is 7.99. The molecule has 0 spiro atoms. The molecular formula is C17H21FN2O2. The first-order valence-electron chi connectivity index (χ1n) is 7.99. The van der Waals surface area contributed by atoms with Crippen LogP contribution in [0.15, 0.2) is 24.3 Å². The zero-order valence-corrected chi connectivity index (χ0v) is 12.6. The Balaban J connectivity index is 1.56. The van der Waals surface area contributed by atoms with Crippen LogP contribution in [0.2, 0.25) is 0 Å². The summed E-state index contributed by atoms with van der Waals surface area (Å²) < 4.78 is 12.9. The average Bonchev–Trinajstić information content (AvgIpc) is 3.09. The Bertz CT molecular complexity index is 544. The summed E-state index contributed by atoms with van der Waals surface area (Å²) >= 11 is 0. The molecular weight excluding hydrogens is 283 g/mol. The van der Waals surface area contributed by atoms with Crippen molar-refractivity contribution >= 4 is 11.8 Å². The van der Waals surface area contributed by atoms with Crippen LogP contribution in [0.25, 0.3) is 0 Å². The number of carbonyl (C=O) groups is 2. The molecule has 5 heteroatoms. The summed E-state index contributed by atoms with van der Waals surface area (Å²) in [6, 6.07) is 5.61. The van der Waals surface area contributed by atoms with Crippen molar-refractivity contribution < 1.29 is 14.0 Å². The number of amides is 2. The Labute approximate surface area is 129 Å². The van der Waals surface area contributed by atoms with E-state index in [0.29, 0.717) is 31.7 Å². The van der Waals surface area contributed by atoms with Gasteiger partial charge in [0.15, 0.2) is 0 Å². The van der Waals surface area contributed by atoms with Gasteiger partial charge in [0.2, 0.25) is 5.91 Å². The van der Waals surface area contributed by atoms with E-state index in [-0.39, 0.29) is 23.5 Å². The molecule has 1 saturated heterocycles. The third-order valence-electron chi connectivity index (χ3n) is 4.67.